The van der Waals surface area contributed by atoms with Crippen LogP contribution in [-0.2, 0) is 17.9 Å². The minimum Gasteiger partial charge on any atom is -0.467 e. The summed E-state index contributed by atoms with van der Waals surface area (Å²) in [6.45, 7) is -0.222. The van der Waals surface area contributed by atoms with Crippen LogP contribution in [-0.4, -0.2) is 28.6 Å². The van der Waals surface area contributed by atoms with Gasteiger partial charge in [-0.15, -0.1) is 5.10 Å². The Hall–Kier alpha value is -4.47. The van der Waals surface area contributed by atoms with Gasteiger partial charge in [0.05, 0.1) is 24.1 Å². The Bertz CT molecular complexity index is 1330. The first-order valence-corrected chi connectivity index (χ1v) is 9.92. The van der Waals surface area contributed by atoms with Gasteiger partial charge in [0.25, 0.3) is 5.91 Å². The Morgan fingerprint density at radius 1 is 1.09 bits per heavy atom. The molecule has 10 heteroatoms. The van der Waals surface area contributed by atoms with E-state index in [4.69, 9.17) is 8.83 Å². The molecule has 0 saturated carbocycles. The van der Waals surface area contributed by atoms with Crippen molar-refractivity contribution in [3.63, 3.8) is 0 Å². The van der Waals surface area contributed by atoms with Crippen molar-refractivity contribution in [2.75, 3.05) is 11.9 Å². The summed E-state index contributed by atoms with van der Waals surface area (Å²) in [5.41, 5.74) is 1.03. The minimum absolute atomic E-state index is 0.0341. The number of carbonyl (C=O) groups excluding carboxylic acids is 2. The zero-order valence-electron chi connectivity index (χ0n) is 17.5. The number of nitrogens with zero attached hydrogens (tertiary/aromatic N) is 3. The van der Waals surface area contributed by atoms with Gasteiger partial charge in [0.15, 0.2) is 0 Å². The number of halogens is 1. The summed E-state index contributed by atoms with van der Waals surface area (Å²) in [4.78, 5) is 39.0. The van der Waals surface area contributed by atoms with E-state index in [0.717, 1.165) is 4.68 Å². The Kier molecular flexibility index (Phi) is 6.16. The standard InChI is InChI=1S/C23H19FN4O5/c1-27(19-7-3-2-6-18(19)21(30)25-13-17-5-4-12-32-17)20(29)14-28-23(31)33-22(26-28)15-8-10-16(24)11-9-15/h2-12H,13-14H2,1H3,(H,25,30). The van der Waals surface area contributed by atoms with Crippen molar-refractivity contribution < 1.29 is 22.8 Å². The highest BCUT2D eigenvalue weighted by atomic mass is 19.1. The highest BCUT2D eigenvalue weighted by Crippen LogP contribution is 2.20. The second kappa shape index (κ2) is 9.35. The zero-order chi connectivity index (χ0) is 23.4. The number of anilines is 1. The number of hydrogen-bond acceptors (Lipinski definition) is 6. The van der Waals surface area contributed by atoms with Crippen LogP contribution in [0, 0.1) is 5.82 Å². The summed E-state index contributed by atoms with van der Waals surface area (Å²) >= 11 is 0. The molecule has 0 saturated heterocycles. The largest absolute Gasteiger partial charge is 0.467 e. The molecule has 0 aliphatic heterocycles. The summed E-state index contributed by atoms with van der Waals surface area (Å²) in [5, 5.41) is 6.76. The van der Waals surface area contributed by atoms with E-state index in [2.05, 4.69) is 10.4 Å². The molecule has 2 heterocycles. The van der Waals surface area contributed by atoms with Gasteiger partial charge in [-0.1, -0.05) is 12.1 Å². The predicted octanol–water partition coefficient (Wildman–Crippen LogP) is 2.83. The predicted molar refractivity (Wildman–Crippen MR) is 116 cm³/mol. The summed E-state index contributed by atoms with van der Waals surface area (Å²) < 4.78 is 24.3. The molecule has 0 aliphatic carbocycles. The van der Waals surface area contributed by atoms with E-state index >= 15 is 0 Å². The topological polar surface area (TPSA) is 111 Å². The van der Waals surface area contributed by atoms with E-state index in [9.17, 15) is 18.8 Å². The first-order valence-electron chi connectivity index (χ1n) is 9.92. The fraction of sp³-hybridized carbons (Fsp3) is 0.130. The Morgan fingerprint density at radius 2 is 1.85 bits per heavy atom. The van der Waals surface area contributed by atoms with Gasteiger partial charge < -0.3 is 19.1 Å². The molecule has 2 aromatic carbocycles. The van der Waals surface area contributed by atoms with Gasteiger partial charge >= 0.3 is 5.76 Å². The summed E-state index contributed by atoms with van der Waals surface area (Å²) in [5.74, 6) is -1.60. The number of furan rings is 1. The highest BCUT2D eigenvalue weighted by Gasteiger charge is 2.21. The molecule has 0 aliphatic rings. The Labute approximate surface area is 187 Å². The van der Waals surface area contributed by atoms with Gasteiger partial charge in [0.2, 0.25) is 11.8 Å². The second-order valence-corrected chi connectivity index (χ2v) is 7.07. The molecule has 2 aromatic heterocycles. The van der Waals surface area contributed by atoms with Gasteiger partial charge in [-0.2, -0.15) is 4.68 Å². The molecule has 33 heavy (non-hydrogen) atoms. The zero-order valence-corrected chi connectivity index (χ0v) is 17.5. The van der Waals surface area contributed by atoms with Crippen LogP contribution in [0.25, 0.3) is 11.5 Å². The van der Waals surface area contributed by atoms with Crippen molar-refractivity contribution in [1.82, 2.24) is 15.1 Å². The third-order valence-corrected chi connectivity index (χ3v) is 4.87. The lowest BCUT2D eigenvalue weighted by atomic mass is 10.1. The van der Waals surface area contributed by atoms with E-state index < -0.39 is 24.0 Å². The van der Waals surface area contributed by atoms with Crippen LogP contribution in [0.4, 0.5) is 10.1 Å². The van der Waals surface area contributed by atoms with Crippen molar-refractivity contribution >= 4 is 17.5 Å². The van der Waals surface area contributed by atoms with Crippen molar-refractivity contribution in [2.24, 2.45) is 0 Å². The molecular formula is C23H19FN4O5. The van der Waals surface area contributed by atoms with E-state index in [1.54, 1.807) is 36.4 Å². The molecule has 0 spiro atoms. The molecule has 4 aromatic rings. The smallest absolute Gasteiger partial charge is 0.437 e. The lowest BCUT2D eigenvalue weighted by Gasteiger charge is -2.20. The van der Waals surface area contributed by atoms with Crippen LogP contribution in [0.3, 0.4) is 0 Å². The van der Waals surface area contributed by atoms with Crippen LogP contribution in [0.15, 0.2) is 80.6 Å². The summed E-state index contributed by atoms with van der Waals surface area (Å²) in [6, 6.07) is 15.3. The van der Waals surface area contributed by atoms with Crippen LogP contribution in [0.5, 0.6) is 0 Å². The maximum absolute atomic E-state index is 13.1. The molecular weight excluding hydrogens is 431 g/mol. The minimum atomic E-state index is -0.833. The molecule has 1 N–H and O–H groups in total. The SMILES string of the molecule is CN(C(=O)Cn1nc(-c2ccc(F)cc2)oc1=O)c1ccccc1C(=O)NCc1ccco1. The van der Waals surface area contributed by atoms with E-state index in [1.165, 1.54) is 42.5 Å². The van der Waals surface area contributed by atoms with E-state index in [1.807, 2.05) is 0 Å². The lowest BCUT2D eigenvalue weighted by Crippen LogP contribution is -2.35. The fourth-order valence-electron chi connectivity index (χ4n) is 3.12. The van der Waals surface area contributed by atoms with Crippen LogP contribution < -0.4 is 16.0 Å². The van der Waals surface area contributed by atoms with Gasteiger partial charge in [0, 0.05) is 12.6 Å². The van der Waals surface area contributed by atoms with Crippen LogP contribution in [0.1, 0.15) is 16.1 Å². The Morgan fingerprint density at radius 3 is 2.58 bits per heavy atom. The number of carbonyl (C=O) groups is 2. The number of rotatable bonds is 7. The van der Waals surface area contributed by atoms with Gasteiger partial charge in [-0.3, -0.25) is 9.59 Å². The average molecular weight is 450 g/mol. The summed E-state index contributed by atoms with van der Waals surface area (Å²) in [6.07, 6.45) is 1.51. The van der Waals surface area contributed by atoms with Crippen LogP contribution >= 0.6 is 0 Å². The maximum atomic E-state index is 13.1. The van der Waals surface area contributed by atoms with Crippen LogP contribution in [0.2, 0.25) is 0 Å². The first-order chi connectivity index (χ1) is 15.9. The Balaban J connectivity index is 1.49. The van der Waals surface area contributed by atoms with E-state index in [-0.39, 0.29) is 23.9 Å². The molecule has 2 amide bonds. The number of para-hydroxylation sites is 1. The number of aromatic nitrogens is 2. The quantitative estimate of drug-likeness (QED) is 0.464. The molecule has 0 radical (unpaired) electrons. The number of amides is 2. The molecule has 9 nitrogen and oxygen atoms in total. The molecule has 168 valence electrons. The summed E-state index contributed by atoms with van der Waals surface area (Å²) in [7, 11) is 1.49. The van der Waals surface area contributed by atoms with E-state index in [0.29, 0.717) is 17.0 Å². The molecule has 4 rings (SSSR count). The van der Waals surface area contributed by atoms with Crippen molar-refractivity contribution in [3.05, 3.63) is 94.6 Å². The van der Waals surface area contributed by atoms with Crippen molar-refractivity contribution in [1.29, 1.82) is 0 Å². The van der Waals surface area contributed by atoms with Gasteiger partial charge in [-0.25, -0.2) is 9.18 Å². The number of hydrogen-bond donors (Lipinski definition) is 1. The monoisotopic (exact) mass is 450 g/mol. The third-order valence-electron chi connectivity index (χ3n) is 4.87. The third kappa shape index (κ3) is 4.90. The number of benzene rings is 2. The van der Waals surface area contributed by atoms with Crippen molar-refractivity contribution in [3.8, 4) is 11.5 Å². The second-order valence-electron chi connectivity index (χ2n) is 7.07. The fourth-order valence-corrected chi connectivity index (χ4v) is 3.12. The van der Waals surface area contributed by atoms with Crippen molar-refractivity contribution in [2.45, 2.75) is 13.1 Å². The normalized spacial score (nSPS) is 10.7. The number of likely N-dealkylation sites (N-methyl/N-ethyl adjacent to an activating group) is 1. The van der Waals surface area contributed by atoms with Gasteiger partial charge in [0.1, 0.15) is 18.1 Å². The number of nitrogens with one attached hydrogen (secondary N) is 1. The van der Waals surface area contributed by atoms with Gasteiger partial charge in [-0.05, 0) is 48.5 Å². The average Bonchev–Trinajstić information content (AvgIpc) is 3.47. The molecule has 0 atom stereocenters. The molecule has 0 bridgehead atoms. The first kappa shape index (κ1) is 21.8. The lowest BCUT2D eigenvalue weighted by molar-refractivity contribution is -0.119. The molecule has 0 unspecified atom stereocenters. The maximum Gasteiger partial charge on any atom is 0.437 e. The highest BCUT2D eigenvalue weighted by molar-refractivity contribution is 6.04. The molecule has 0 fully saturated rings.